The molecule has 0 aromatic heterocycles. The molecule has 1 aromatic carbocycles. The van der Waals surface area contributed by atoms with E-state index >= 15 is 0 Å². The molecule has 0 bridgehead atoms. The second-order valence-corrected chi connectivity index (χ2v) is 7.56. The summed E-state index contributed by atoms with van der Waals surface area (Å²) in [5.41, 5.74) is 0. The van der Waals surface area contributed by atoms with Gasteiger partial charge in [0.15, 0.2) is 0 Å². The minimum atomic E-state index is -3.67. The third-order valence-corrected chi connectivity index (χ3v) is 5.88. The summed E-state index contributed by atoms with van der Waals surface area (Å²) >= 11 is 3.14. The highest BCUT2D eigenvalue weighted by Gasteiger charge is 2.19. The first-order valence-electron chi connectivity index (χ1n) is 6.64. The van der Waals surface area contributed by atoms with E-state index in [1.165, 1.54) is 12.1 Å². The lowest BCUT2D eigenvalue weighted by atomic mass is 9.96. The number of hydrogen-bond donors (Lipinski definition) is 2. The van der Waals surface area contributed by atoms with E-state index in [9.17, 15) is 12.8 Å². The Morgan fingerprint density at radius 1 is 1.45 bits per heavy atom. The second kappa shape index (κ2) is 6.98. The summed E-state index contributed by atoms with van der Waals surface area (Å²) in [5, 5.41) is 3.30. The van der Waals surface area contributed by atoms with Gasteiger partial charge in [0.25, 0.3) is 0 Å². The molecule has 1 unspecified atom stereocenters. The molecule has 1 fully saturated rings. The Kier molecular flexibility index (Phi) is 5.54. The van der Waals surface area contributed by atoms with Crippen LogP contribution in [0.25, 0.3) is 0 Å². The van der Waals surface area contributed by atoms with E-state index in [2.05, 4.69) is 26.0 Å². The smallest absolute Gasteiger partial charge is 0.241 e. The van der Waals surface area contributed by atoms with Gasteiger partial charge in [0.2, 0.25) is 10.0 Å². The first-order chi connectivity index (χ1) is 9.49. The Morgan fingerprint density at radius 3 is 2.95 bits per heavy atom. The Morgan fingerprint density at radius 2 is 2.25 bits per heavy atom. The summed E-state index contributed by atoms with van der Waals surface area (Å²) in [6.45, 7) is 2.35. The third kappa shape index (κ3) is 4.25. The van der Waals surface area contributed by atoms with E-state index in [0.29, 0.717) is 16.9 Å². The maximum Gasteiger partial charge on any atom is 0.241 e. The van der Waals surface area contributed by atoms with E-state index in [1.54, 1.807) is 0 Å². The van der Waals surface area contributed by atoms with E-state index < -0.39 is 15.8 Å². The van der Waals surface area contributed by atoms with Gasteiger partial charge in [-0.05, 0) is 72.4 Å². The third-order valence-electron chi connectivity index (χ3n) is 3.43. The molecule has 1 aromatic rings. The van der Waals surface area contributed by atoms with Crippen LogP contribution in [-0.4, -0.2) is 28.1 Å². The molecule has 0 radical (unpaired) electrons. The predicted octanol–water partition coefficient (Wildman–Crippen LogP) is 2.26. The standard InChI is InChI=1S/C13H18BrFN2O2S/c14-12-4-3-11(15)8-13(12)20(18,19)17-7-5-10-2-1-6-16-9-10/h3-4,8,10,16-17H,1-2,5-7,9H2. The van der Waals surface area contributed by atoms with Crippen molar-refractivity contribution in [1.29, 1.82) is 0 Å². The van der Waals surface area contributed by atoms with Crippen LogP contribution in [0.1, 0.15) is 19.3 Å². The molecule has 7 heteroatoms. The highest BCUT2D eigenvalue weighted by Crippen LogP contribution is 2.22. The maximum absolute atomic E-state index is 13.2. The number of rotatable bonds is 5. The van der Waals surface area contributed by atoms with Gasteiger partial charge in [-0.2, -0.15) is 0 Å². The van der Waals surface area contributed by atoms with Crippen LogP contribution in [0.4, 0.5) is 4.39 Å². The van der Waals surface area contributed by atoms with Crippen molar-refractivity contribution < 1.29 is 12.8 Å². The molecule has 1 saturated heterocycles. The van der Waals surface area contributed by atoms with Crippen LogP contribution in [0.5, 0.6) is 0 Å². The molecule has 0 aliphatic carbocycles. The SMILES string of the molecule is O=S(=O)(NCCC1CCCNC1)c1cc(F)ccc1Br. The maximum atomic E-state index is 13.2. The number of hydrogen-bond acceptors (Lipinski definition) is 3. The van der Waals surface area contributed by atoms with Crippen molar-refractivity contribution in [3.63, 3.8) is 0 Å². The van der Waals surface area contributed by atoms with Crippen molar-refractivity contribution in [3.05, 3.63) is 28.5 Å². The molecule has 1 aliphatic heterocycles. The molecule has 1 aliphatic rings. The Labute approximate surface area is 127 Å². The number of benzene rings is 1. The van der Waals surface area contributed by atoms with E-state index in [4.69, 9.17) is 0 Å². The fraction of sp³-hybridized carbons (Fsp3) is 0.538. The van der Waals surface area contributed by atoms with E-state index in [-0.39, 0.29) is 4.90 Å². The lowest BCUT2D eigenvalue weighted by Crippen LogP contribution is -2.33. The number of nitrogens with one attached hydrogen (secondary N) is 2. The Bertz CT molecular complexity index is 559. The molecule has 2 rings (SSSR count). The Balaban J connectivity index is 1.95. The zero-order chi connectivity index (χ0) is 14.6. The van der Waals surface area contributed by atoms with E-state index in [0.717, 1.165) is 38.4 Å². The molecule has 1 atom stereocenters. The van der Waals surface area contributed by atoms with Gasteiger partial charge in [0, 0.05) is 11.0 Å². The Hall–Kier alpha value is -0.500. The van der Waals surface area contributed by atoms with E-state index in [1.807, 2.05) is 0 Å². The lowest BCUT2D eigenvalue weighted by Gasteiger charge is -2.22. The molecule has 1 heterocycles. The molecule has 0 spiro atoms. The van der Waals surface area contributed by atoms with Crippen LogP contribution < -0.4 is 10.0 Å². The summed E-state index contributed by atoms with van der Waals surface area (Å²) < 4.78 is 40.3. The first-order valence-corrected chi connectivity index (χ1v) is 8.92. The predicted molar refractivity (Wildman–Crippen MR) is 79.5 cm³/mol. The van der Waals surface area contributed by atoms with Gasteiger partial charge in [-0.3, -0.25) is 0 Å². The molecule has 0 saturated carbocycles. The van der Waals surface area contributed by atoms with Crippen molar-refractivity contribution in [2.24, 2.45) is 5.92 Å². The number of piperidine rings is 1. The summed E-state index contributed by atoms with van der Waals surface area (Å²) in [7, 11) is -3.67. The fourth-order valence-corrected chi connectivity index (χ4v) is 4.35. The van der Waals surface area contributed by atoms with Gasteiger partial charge in [0.05, 0.1) is 4.90 Å². The number of halogens is 2. The van der Waals surface area contributed by atoms with Crippen molar-refractivity contribution in [2.75, 3.05) is 19.6 Å². The normalized spacial score (nSPS) is 20.0. The van der Waals surface area contributed by atoms with Crippen molar-refractivity contribution in [1.82, 2.24) is 10.0 Å². The van der Waals surface area contributed by atoms with Crippen molar-refractivity contribution in [3.8, 4) is 0 Å². The minimum Gasteiger partial charge on any atom is -0.316 e. The molecular weight excluding hydrogens is 347 g/mol. The van der Waals surface area contributed by atoms with Gasteiger partial charge in [-0.25, -0.2) is 17.5 Å². The lowest BCUT2D eigenvalue weighted by molar-refractivity contribution is 0.358. The average molecular weight is 365 g/mol. The summed E-state index contributed by atoms with van der Waals surface area (Å²) in [5.74, 6) is -0.0625. The van der Waals surface area contributed by atoms with Gasteiger partial charge in [-0.1, -0.05) is 0 Å². The average Bonchev–Trinajstić information content (AvgIpc) is 2.42. The number of sulfonamides is 1. The summed E-state index contributed by atoms with van der Waals surface area (Å²) in [6, 6.07) is 3.64. The second-order valence-electron chi connectivity index (χ2n) is 4.97. The molecule has 4 nitrogen and oxygen atoms in total. The van der Waals surface area contributed by atoms with Gasteiger partial charge in [0.1, 0.15) is 5.82 Å². The largest absolute Gasteiger partial charge is 0.316 e. The van der Waals surface area contributed by atoms with Gasteiger partial charge >= 0.3 is 0 Å². The minimum absolute atomic E-state index is 0.0562. The highest BCUT2D eigenvalue weighted by atomic mass is 79.9. The summed E-state index contributed by atoms with van der Waals surface area (Å²) in [6.07, 6.45) is 3.05. The van der Waals surface area contributed by atoms with Crippen LogP contribution in [0.15, 0.2) is 27.6 Å². The van der Waals surface area contributed by atoms with Crippen molar-refractivity contribution >= 4 is 26.0 Å². The van der Waals surface area contributed by atoms with Crippen LogP contribution in [0.2, 0.25) is 0 Å². The molecule has 0 amide bonds. The quantitative estimate of drug-likeness (QED) is 0.842. The highest BCUT2D eigenvalue weighted by molar-refractivity contribution is 9.10. The molecule has 20 heavy (non-hydrogen) atoms. The van der Waals surface area contributed by atoms with Crippen LogP contribution in [0, 0.1) is 11.7 Å². The van der Waals surface area contributed by atoms with Crippen molar-refractivity contribution in [2.45, 2.75) is 24.2 Å². The van der Waals surface area contributed by atoms with Crippen LogP contribution in [-0.2, 0) is 10.0 Å². The van der Waals surface area contributed by atoms with Crippen LogP contribution >= 0.6 is 15.9 Å². The fourth-order valence-electron chi connectivity index (χ4n) is 2.33. The monoisotopic (exact) mass is 364 g/mol. The van der Waals surface area contributed by atoms with Gasteiger partial charge < -0.3 is 5.32 Å². The molecular formula is C13H18BrFN2O2S. The molecule has 112 valence electrons. The van der Waals surface area contributed by atoms with Gasteiger partial charge in [-0.15, -0.1) is 0 Å². The zero-order valence-corrected chi connectivity index (χ0v) is 13.4. The zero-order valence-electron chi connectivity index (χ0n) is 11.0. The molecule has 2 N–H and O–H groups in total. The first kappa shape index (κ1) is 15.9. The topological polar surface area (TPSA) is 58.2 Å². The van der Waals surface area contributed by atoms with Crippen LogP contribution in [0.3, 0.4) is 0 Å². The summed E-state index contributed by atoms with van der Waals surface area (Å²) in [4.78, 5) is -0.0562.